The number of thiazole rings is 1. The molecule has 0 saturated heterocycles. The van der Waals surface area contributed by atoms with Crippen LogP contribution in [0.25, 0.3) is 0 Å². The Bertz CT molecular complexity index is 218. The van der Waals surface area contributed by atoms with Crippen LogP contribution >= 0.6 is 11.3 Å². The Labute approximate surface area is 56.7 Å². The maximum atomic E-state index is 8.07. The van der Waals surface area contributed by atoms with Crippen LogP contribution in [0.3, 0.4) is 0 Å². The number of aromatic nitrogens is 1. The lowest BCUT2D eigenvalue weighted by atomic mass is 10.6. The van der Waals surface area contributed by atoms with Crippen molar-refractivity contribution in [1.29, 1.82) is 0 Å². The molecule has 0 fully saturated rings. The van der Waals surface area contributed by atoms with E-state index in [1.54, 1.807) is 6.20 Å². The Morgan fingerprint density at radius 3 is 3.11 bits per heavy atom. The molecule has 0 saturated carbocycles. The molecule has 0 aliphatic rings. The molecule has 0 bridgehead atoms. The van der Waals surface area contributed by atoms with E-state index >= 15 is 0 Å². The molecule has 1 heterocycles. The van der Waals surface area contributed by atoms with Gasteiger partial charge in [-0.05, 0) is 6.92 Å². The minimum absolute atomic E-state index is 0.731. The summed E-state index contributed by atoms with van der Waals surface area (Å²) in [4.78, 5) is 5.03. The highest BCUT2D eigenvalue weighted by Crippen LogP contribution is 2.07. The second kappa shape index (κ2) is 2.59. The number of nitrogens with zero attached hydrogens (tertiary/aromatic N) is 2. The molecule has 0 aliphatic carbocycles. The highest BCUT2D eigenvalue weighted by atomic mass is 32.1. The van der Waals surface area contributed by atoms with Crippen molar-refractivity contribution in [3.05, 3.63) is 16.1 Å². The fraction of sp³-hybridized carbons (Fsp3) is 0.200. The van der Waals surface area contributed by atoms with E-state index < -0.39 is 0 Å². The van der Waals surface area contributed by atoms with Crippen molar-refractivity contribution < 1.29 is 5.21 Å². The molecule has 0 spiro atoms. The van der Waals surface area contributed by atoms with E-state index in [9.17, 15) is 0 Å². The predicted molar refractivity (Wildman–Crippen MR) is 36.2 cm³/mol. The van der Waals surface area contributed by atoms with E-state index in [0.717, 1.165) is 9.88 Å². The molecule has 1 aromatic rings. The van der Waals surface area contributed by atoms with Crippen molar-refractivity contribution in [3.8, 4) is 0 Å². The Balaban J connectivity index is 2.85. The molecule has 1 rings (SSSR count). The van der Waals surface area contributed by atoms with Gasteiger partial charge in [0.05, 0.1) is 0 Å². The third kappa shape index (κ3) is 1.50. The van der Waals surface area contributed by atoms with Crippen LogP contribution in [0.1, 0.15) is 9.88 Å². The van der Waals surface area contributed by atoms with Crippen LogP contribution in [0.2, 0.25) is 0 Å². The molecule has 0 aromatic carbocycles. The van der Waals surface area contributed by atoms with Crippen molar-refractivity contribution in [2.75, 3.05) is 0 Å². The van der Waals surface area contributed by atoms with Crippen LogP contribution in [0, 0.1) is 6.92 Å². The molecule has 0 amide bonds. The first-order valence-electron chi connectivity index (χ1n) is 2.43. The van der Waals surface area contributed by atoms with Gasteiger partial charge in [-0.2, -0.15) is 0 Å². The number of aryl methyl sites for hydroxylation is 1. The van der Waals surface area contributed by atoms with Gasteiger partial charge in [-0.3, -0.25) is 0 Å². The molecule has 1 aromatic heterocycles. The lowest BCUT2D eigenvalue weighted by Gasteiger charge is -1.73. The van der Waals surface area contributed by atoms with Gasteiger partial charge in [-0.15, -0.1) is 11.3 Å². The van der Waals surface area contributed by atoms with E-state index in [2.05, 4.69) is 10.1 Å². The zero-order valence-electron chi connectivity index (χ0n) is 4.90. The first-order valence-corrected chi connectivity index (χ1v) is 3.24. The van der Waals surface area contributed by atoms with Gasteiger partial charge in [0.25, 0.3) is 0 Å². The fourth-order valence-corrected chi connectivity index (χ4v) is 1.12. The summed E-state index contributed by atoms with van der Waals surface area (Å²) in [5.41, 5.74) is 0. The maximum absolute atomic E-state index is 8.07. The monoisotopic (exact) mass is 142 g/mol. The van der Waals surface area contributed by atoms with Gasteiger partial charge in [-0.1, -0.05) is 5.16 Å². The van der Waals surface area contributed by atoms with Crippen molar-refractivity contribution in [1.82, 2.24) is 4.98 Å². The average Bonchev–Trinajstić information content (AvgIpc) is 2.17. The van der Waals surface area contributed by atoms with Gasteiger partial charge in [-0.25, -0.2) is 4.98 Å². The van der Waals surface area contributed by atoms with Crippen molar-refractivity contribution >= 4 is 17.6 Å². The quantitative estimate of drug-likeness (QED) is 0.364. The van der Waals surface area contributed by atoms with Gasteiger partial charge in [0.1, 0.15) is 11.2 Å². The third-order valence-corrected chi connectivity index (χ3v) is 1.65. The Kier molecular flexibility index (Phi) is 1.79. The number of hydrogen-bond acceptors (Lipinski definition) is 4. The van der Waals surface area contributed by atoms with Crippen LogP contribution < -0.4 is 0 Å². The zero-order valence-corrected chi connectivity index (χ0v) is 5.72. The van der Waals surface area contributed by atoms with Crippen LogP contribution in [0.4, 0.5) is 0 Å². The lowest BCUT2D eigenvalue weighted by Crippen LogP contribution is -1.73. The summed E-state index contributed by atoms with van der Waals surface area (Å²) in [6, 6.07) is 0. The number of rotatable bonds is 1. The second-order valence-electron chi connectivity index (χ2n) is 1.55. The molecular formula is C5H6N2OS. The molecule has 0 radical (unpaired) electrons. The number of oxime groups is 1. The minimum atomic E-state index is 0.731. The number of hydrogen-bond donors (Lipinski definition) is 1. The summed E-state index contributed by atoms with van der Waals surface area (Å²) in [6.07, 6.45) is 3.05. The summed E-state index contributed by atoms with van der Waals surface area (Å²) < 4.78 is 0. The molecule has 0 atom stereocenters. The normalized spacial score (nSPS) is 10.8. The van der Waals surface area contributed by atoms with E-state index in [0.29, 0.717) is 0 Å². The topological polar surface area (TPSA) is 45.5 Å². The summed E-state index contributed by atoms with van der Waals surface area (Å²) >= 11 is 1.49. The van der Waals surface area contributed by atoms with Crippen LogP contribution in [-0.4, -0.2) is 16.4 Å². The van der Waals surface area contributed by atoms with E-state index in [4.69, 9.17) is 5.21 Å². The van der Waals surface area contributed by atoms with Crippen molar-refractivity contribution in [3.63, 3.8) is 0 Å². The molecule has 4 heteroatoms. The van der Waals surface area contributed by atoms with Crippen molar-refractivity contribution in [2.24, 2.45) is 5.16 Å². The summed E-state index contributed by atoms with van der Waals surface area (Å²) in [5, 5.41) is 11.6. The zero-order chi connectivity index (χ0) is 6.69. The first-order chi connectivity index (χ1) is 4.33. The first kappa shape index (κ1) is 6.22. The van der Waals surface area contributed by atoms with Gasteiger partial charge < -0.3 is 5.21 Å². The second-order valence-corrected chi connectivity index (χ2v) is 2.82. The maximum Gasteiger partial charge on any atom is 0.137 e. The Morgan fingerprint density at radius 1 is 1.89 bits per heavy atom. The van der Waals surface area contributed by atoms with Crippen LogP contribution in [0.5, 0.6) is 0 Å². The largest absolute Gasteiger partial charge is 0.411 e. The fourth-order valence-electron chi connectivity index (χ4n) is 0.481. The molecule has 0 unspecified atom stereocenters. The standard InChI is InChI=1S/C5H6N2OS/c1-4-2-6-5(9-4)3-7-8/h2-3,8H,1H3. The van der Waals surface area contributed by atoms with Crippen LogP contribution in [-0.2, 0) is 0 Å². The van der Waals surface area contributed by atoms with Gasteiger partial charge >= 0.3 is 0 Å². The smallest absolute Gasteiger partial charge is 0.137 e. The summed E-state index contributed by atoms with van der Waals surface area (Å²) in [7, 11) is 0. The van der Waals surface area contributed by atoms with Crippen LogP contribution in [0.15, 0.2) is 11.4 Å². The molecular weight excluding hydrogens is 136 g/mol. The summed E-state index contributed by atoms with van der Waals surface area (Å²) in [5.74, 6) is 0. The minimum Gasteiger partial charge on any atom is -0.411 e. The molecule has 1 N–H and O–H groups in total. The van der Waals surface area contributed by atoms with E-state index in [1.807, 2.05) is 6.92 Å². The predicted octanol–water partition coefficient (Wildman–Crippen LogP) is 1.26. The molecule has 9 heavy (non-hydrogen) atoms. The molecule has 0 aliphatic heterocycles. The molecule has 48 valence electrons. The van der Waals surface area contributed by atoms with Gasteiger partial charge in [0.15, 0.2) is 0 Å². The summed E-state index contributed by atoms with van der Waals surface area (Å²) in [6.45, 7) is 1.95. The Morgan fingerprint density at radius 2 is 2.67 bits per heavy atom. The SMILES string of the molecule is Cc1cnc(C=NO)s1. The molecule has 3 nitrogen and oxygen atoms in total. The van der Waals surface area contributed by atoms with Gasteiger partial charge in [0, 0.05) is 11.1 Å². The lowest BCUT2D eigenvalue weighted by molar-refractivity contribution is 0.322. The van der Waals surface area contributed by atoms with Crippen molar-refractivity contribution in [2.45, 2.75) is 6.92 Å². The third-order valence-electron chi connectivity index (χ3n) is 0.807. The van der Waals surface area contributed by atoms with E-state index in [-0.39, 0.29) is 0 Å². The highest BCUT2D eigenvalue weighted by molar-refractivity contribution is 7.13. The highest BCUT2D eigenvalue weighted by Gasteiger charge is 1.91. The van der Waals surface area contributed by atoms with E-state index in [1.165, 1.54) is 17.6 Å². The average molecular weight is 142 g/mol. The van der Waals surface area contributed by atoms with Gasteiger partial charge in [0.2, 0.25) is 0 Å². The Hall–Kier alpha value is -0.900.